The highest BCUT2D eigenvalue weighted by molar-refractivity contribution is 7.15. The normalized spacial score (nSPS) is 22.2. The van der Waals surface area contributed by atoms with Crippen LogP contribution in [-0.2, 0) is 6.54 Å². The van der Waals surface area contributed by atoms with Gasteiger partial charge in [-0.15, -0.1) is 11.3 Å². The zero-order valence-corrected chi connectivity index (χ0v) is 13.2. The highest BCUT2D eigenvalue weighted by Crippen LogP contribution is 2.45. The van der Waals surface area contributed by atoms with Crippen LogP contribution in [0.4, 0.5) is 5.13 Å². The lowest BCUT2D eigenvalue weighted by molar-refractivity contribution is 0.676. The van der Waals surface area contributed by atoms with E-state index in [0.717, 1.165) is 24.3 Å². The van der Waals surface area contributed by atoms with Crippen molar-refractivity contribution in [2.75, 3.05) is 25.0 Å². The maximum absolute atomic E-state index is 5.06. The molecule has 4 heteroatoms. The number of aromatic nitrogens is 1. The van der Waals surface area contributed by atoms with Crippen LogP contribution < -0.4 is 10.2 Å². The monoisotopic (exact) mass is 291 g/mol. The van der Waals surface area contributed by atoms with Gasteiger partial charge in [-0.05, 0) is 57.4 Å². The third-order valence-electron chi connectivity index (χ3n) is 4.64. The first-order valence-electron chi connectivity index (χ1n) is 8.22. The van der Waals surface area contributed by atoms with Gasteiger partial charge in [0.2, 0.25) is 0 Å². The van der Waals surface area contributed by atoms with Gasteiger partial charge in [-0.3, -0.25) is 0 Å². The van der Waals surface area contributed by atoms with Crippen LogP contribution >= 0.6 is 11.3 Å². The molecule has 0 saturated heterocycles. The van der Waals surface area contributed by atoms with E-state index in [1.54, 1.807) is 0 Å². The second-order valence-corrected chi connectivity index (χ2v) is 7.96. The zero-order valence-electron chi connectivity index (χ0n) is 12.4. The Morgan fingerprint density at radius 1 is 1.10 bits per heavy atom. The van der Waals surface area contributed by atoms with E-state index in [9.17, 15) is 0 Å². The molecule has 0 aliphatic heterocycles. The highest BCUT2D eigenvalue weighted by atomic mass is 32.1. The minimum atomic E-state index is 0.770. The summed E-state index contributed by atoms with van der Waals surface area (Å²) in [5, 5.41) is 4.63. The predicted octanol–water partition coefficient (Wildman–Crippen LogP) is 3.37. The van der Waals surface area contributed by atoms with E-state index in [-0.39, 0.29) is 0 Å². The lowest BCUT2D eigenvalue weighted by Gasteiger charge is -2.21. The fourth-order valence-corrected chi connectivity index (χ4v) is 4.08. The van der Waals surface area contributed by atoms with Gasteiger partial charge in [0, 0.05) is 30.4 Å². The van der Waals surface area contributed by atoms with Crippen molar-refractivity contribution in [3.05, 3.63) is 10.6 Å². The number of thiazole rings is 1. The molecule has 1 heterocycles. The number of nitrogens with zero attached hydrogens (tertiary/aromatic N) is 2. The Bertz CT molecular complexity index is 458. The molecule has 0 unspecified atom stereocenters. The van der Waals surface area contributed by atoms with Gasteiger partial charge in [-0.2, -0.15) is 0 Å². The quantitative estimate of drug-likeness (QED) is 0.796. The Morgan fingerprint density at radius 3 is 2.25 bits per heavy atom. The maximum Gasteiger partial charge on any atom is 0.185 e. The zero-order chi connectivity index (χ0) is 13.5. The van der Waals surface area contributed by atoms with Crippen molar-refractivity contribution in [3.63, 3.8) is 0 Å². The Balaban J connectivity index is 1.54. The number of hydrogen-bond acceptors (Lipinski definition) is 4. The van der Waals surface area contributed by atoms with Crippen molar-refractivity contribution in [2.24, 2.45) is 11.8 Å². The number of hydrogen-bond donors (Lipinski definition) is 1. The molecule has 4 rings (SSSR count). The minimum Gasteiger partial charge on any atom is -0.348 e. The second-order valence-electron chi connectivity index (χ2n) is 6.90. The molecular weight excluding hydrogens is 266 g/mol. The molecule has 3 aliphatic carbocycles. The van der Waals surface area contributed by atoms with Gasteiger partial charge in [0.1, 0.15) is 0 Å². The largest absolute Gasteiger partial charge is 0.348 e. The van der Waals surface area contributed by atoms with Crippen molar-refractivity contribution in [1.29, 1.82) is 0 Å². The van der Waals surface area contributed by atoms with Crippen LogP contribution in [0.5, 0.6) is 0 Å². The molecule has 1 aromatic heterocycles. The molecule has 0 bridgehead atoms. The van der Waals surface area contributed by atoms with E-state index in [1.807, 2.05) is 18.4 Å². The molecular formula is C16H25N3S. The van der Waals surface area contributed by atoms with Gasteiger partial charge in [0.05, 0.1) is 5.69 Å². The first-order chi connectivity index (χ1) is 9.83. The fraction of sp³-hybridized carbons (Fsp3) is 0.812. The SMILES string of the molecule is CNCc1sc(N(CC2CC2)CC2CC2)nc1C1CC1. The van der Waals surface area contributed by atoms with E-state index in [4.69, 9.17) is 4.98 Å². The van der Waals surface area contributed by atoms with Gasteiger partial charge in [-0.1, -0.05) is 0 Å². The van der Waals surface area contributed by atoms with E-state index in [0.29, 0.717) is 0 Å². The summed E-state index contributed by atoms with van der Waals surface area (Å²) in [5.41, 5.74) is 1.41. The molecule has 0 spiro atoms. The van der Waals surface area contributed by atoms with E-state index in [1.165, 1.54) is 67.3 Å². The van der Waals surface area contributed by atoms with Crippen LogP contribution in [0.2, 0.25) is 0 Å². The second kappa shape index (κ2) is 5.30. The number of rotatable bonds is 8. The summed E-state index contributed by atoms with van der Waals surface area (Å²) in [6.07, 6.45) is 8.45. The molecule has 3 fully saturated rings. The lowest BCUT2D eigenvalue weighted by Crippen LogP contribution is -2.27. The van der Waals surface area contributed by atoms with Crippen LogP contribution in [0.25, 0.3) is 0 Å². The minimum absolute atomic E-state index is 0.770. The molecule has 3 saturated carbocycles. The third kappa shape index (κ3) is 3.01. The standard InChI is InChI=1S/C16H25N3S/c1-17-8-14-15(13-6-7-13)18-16(20-14)19(9-11-2-3-11)10-12-4-5-12/h11-13,17H,2-10H2,1H3. The van der Waals surface area contributed by atoms with Crippen molar-refractivity contribution in [2.45, 2.75) is 51.0 Å². The van der Waals surface area contributed by atoms with E-state index < -0.39 is 0 Å². The maximum atomic E-state index is 5.06. The van der Waals surface area contributed by atoms with Gasteiger partial charge in [-0.25, -0.2) is 4.98 Å². The van der Waals surface area contributed by atoms with Crippen molar-refractivity contribution in [1.82, 2.24) is 10.3 Å². The molecule has 0 atom stereocenters. The van der Waals surface area contributed by atoms with Gasteiger partial charge >= 0.3 is 0 Å². The summed E-state index contributed by atoms with van der Waals surface area (Å²) < 4.78 is 0. The Kier molecular flexibility index (Phi) is 3.47. The van der Waals surface area contributed by atoms with Gasteiger partial charge in [0.15, 0.2) is 5.13 Å². The van der Waals surface area contributed by atoms with Crippen LogP contribution in [-0.4, -0.2) is 25.1 Å². The summed E-state index contributed by atoms with van der Waals surface area (Å²) in [7, 11) is 2.04. The summed E-state index contributed by atoms with van der Waals surface area (Å²) in [4.78, 5) is 9.16. The molecule has 110 valence electrons. The molecule has 20 heavy (non-hydrogen) atoms. The lowest BCUT2D eigenvalue weighted by atomic mass is 10.2. The summed E-state index contributed by atoms with van der Waals surface area (Å²) >= 11 is 1.95. The summed E-state index contributed by atoms with van der Waals surface area (Å²) in [6.45, 7) is 3.50. The highest BCUT2D eigenvalue weighted by Gasteiger charge is 2.33. The van der Waals surface area contributed by atoms with Crippen molar-refractivity contribution in [3.8, 4) is 0 Å². The topological polar surface area (TPSA) is 28.2 Å². The fourth-order valence-electron chi connectivity index (χ4n) is 2.90. The predicted molar refractivity (Wildman–Crippen MR) is 84.5 cm³/mol. The Hall–Kier alpha value is -0.610. The van der Waals surface area contributed by atoms with Gasteiger partial charge < -0.3 is 10.2 Å². The number of anilines is 1. The van der Waals surface area contributed by atoms with Gasteiger partial charge in [0.25, 0.3) is 0 Å². The third-order valence-corrected chi connectivity index (χ3v) is 5.77. The Morgan fingerprint density at radius 2 is 1.75 bits per heavy atom. The smallest absolute Gasteiger partial charge is 0.185 e. The molecule has 1 N–H and O–H groups in total. The van der Waals surface area contributed by atoms with E-state index >= 15 is 0 Å². The molecule has 1 aromatic rings. The summed E-state index contributed by atoms with van der Waals surface area (Å²) in [6, 6.07) is 0. The van der Waals surface area contributed by atoms with Crippen LogP contribution in [0.1, 0.15) is 55.0 Å². The first-order valence-corrected chi connectivity index (χ1v) is 9.04. The summed E-state index contributed by atoms with van der Waals surface area (Å²) in [5.74, 6) is 2.68. The molecule has 3 aliphatic rings. The van der Waals surface area contributed by atoms with Crippen molar-refractivity contribution < 1.29 is 0 Å². The van der Waals surface area contributed by atoms with Crippen LogP contribution in [0, 0.1) is 11.8 Å². The molecule has 3 nitrogen and oxygen atoms in total. The van der Waals surface area contributed by atoms with Crippen molar-refractivity contribution >= 4 is 16.5 Å². The number of nitrogens with one attached hydrogen (secondary N) is 1. The first kappa shape index (κ1) is 13.1. The Labute approximate surface area is 125 Å². The molecule has 0 aromatic carbocycles. The molecule has 0 radical (unpaired) electrons. The average Bonchev–Trinajstić information content (AvgIpc) is 3.29. The molecule has 0 amide bonds. The van der Waals surface area contributed by atoms with Crippen LogP contribution in [0.15, 0.2) is 0 Å². The average molecular weight is 291 g/mol. The van der Waals surface area contributed by atoms with E-state index in [2.05, 4.69) is 10.2 Å². The van der Waals surface area contributed by atoms with Crippen LogP contribution in [0.3, 0.4) is 0 Å².